The number of aryl methyl sites for hydroxylation is 1. The van der Waals surface area contributed by atoms with Gasteiger partial charge >= 0.3 is 0 Å². The van der Waals surface area contributed by atoms with E-state index in [1.165, 1.54) is 24.3 Å². The van der Waals surface area contributed by atoms with Crippen molar-refractivity contribution in [1.82, 2.24) is 0 Å². The third kappa shape index (κ3) is 3.14. The van der Waals surface area contributed by atoms with Gasteiger partial charge < -0.3 is 5.73 Å². The molecule has 0 amide bonds. The highest BCUT2D eigenvalue weighted by Crippen LogP contribution is 2.25. The summed E-state index contributed by atoms with van der Waals surface area (Å²) < 4.78 is 39.9. The van der Waals surface area contributed by atoms with Crippen LogP contribution in [0.2, 0.25) is 0 Å². The maximum absolute atomic E-state index is 13.0. The Hall–Kier alpha value is -1.51. The van der Waals surface area contributed by atoms with Crippen LogP contribution in [0.1, 0.15) is 10.4 Å². The lowest BCUT2D eigenvalue weighted by atomic mass is 10.2. The third-order valence-corrected chi connectivity index (χ3v) is 5.85. The van der Waals surface area contributed by atoms with Crippen LogP contribution in [0.4, 0.5) is 10.1 Å². The van der Waals surface area contributed by atoms with E-state index in [4.69, 9.17) is 18.0 Å². The van der Waals surface area contributed by atoms with Gasteiger partial charge in [-0.05, 0) is 42.8 Å². The number of nitrogens with one attached hydrogen (secondary N) is 1. The van der Waals surface area contributed by atoms with Gasteiger partial charge in [0.2, 0.25) is 0 Å². The summed E-state index contributed by atoms with van der Waals surface area (Å²) >= 11 is 5.78. The van der Waals surface area contributed by atoms with E-state index in [0.717, 1.165) is 11.3 Å². The number of thiocarbonyl (C=S) groups is 1. The van der Waals surface area contributed by atoms with Crippen LogP contribution >= 0.6 is 23.6 Å². The maximum Gasteiger partial charge on any atom is 0.271 e. The summed E-state index contributed by atoms with van der Waals surface area (Å²) in [6, 6.07) is 6.82. The highest BCUT2D eigenvalue weighted by atomic mass is 32.2. The summed E-state index contributed by atoms with van der Waals surface area (Å²) in [7, 11) is -3.73. The molecule has 0 fully saturated rings. The van der Waals surface area contributed by atoms with Gasteiger partial charge in [0.15, 0.2) is 0 Å². The number of anilines is 1. The average Bonchev–Trinajstić information content (AvgIpc) is 2.83. The second kappa shape index (κ2) is 5.47. The minimum atomic E-state index is -3.73. The van der Waals surface area contributed by atoms with Crippen LogP contribution in [-0.2, 0) is 10.0 Å². The molecular formula is C12H11FN2O2S3. The molecule has 0 radical (unpaired) electrons. The second-order valence-corrected chi connectivity index (χ2v) is 7.48. The smallest absolute Gasteiger partial charge is 0.271 e. The molecular weight excluding hydrogens is 319 g/mol. The molecule has 106 valence electrons. The van der Waals surface area contributed by atoms with Crippen molar-refractivity contribution in [3.63, 3.8) is 0 Å². The molecule has 1 aromatic heterocycles. The monoisotopic (exact) mass is 330 g/mol. The van der Waals surface area contributed by atoms with E-state index in [-0.39, 0.29) is 9.20 Å². The van der Waals surface area contributed by atoms with Crippen LogP contribution in [0.15, 0.2) is 34.5 Å². The van der Waals surface area contributed by atoms with Crippen molar-refractivity contribution in [2.45, 2.75) is 11.1 Å². The number of nitrogens with two attached hydrogens (primary N) is 1. The third-order valence-electron chi connectivity index (χ3n) is 2.52. The van der Waals surface area contributed by atoms with Crippen molar-refractivity contribution >= 4 is 44.3 Å². The Bertz CT molecular complexity index is 769. The molecule has 0 saturated heterocycles. The minimum absolute atomic E-state index is 0.101. The molecule has 20 heavy (non-hydrogen) atoms. The molecule has 4 nitrogen and oxygen atoms in total. The maximum atomic E-state index is 13.0. The summed E-state index contributed by atoms with van der Waals surface area (Å²) in [6.07, 6.45) is 0. The van der Waals surface area contributed by atoms with Crippen LogP contribution in [0.3, 0.4) is 0 Å². The first-order valence-corrected chi connectivity index (χ1v) is 8.19. The predicted molar refractivity (Wildman–Crippen MR) is 82.2 cm³/mol. The zero-order chi connectivity index (χ0) is 14.9. The van der Waals surface area contributed by atoms with Crippen molar-refractivity contribution in [2.75, 3.05) is 4.72 Å². The van der Waals surface area contributed by atoms with Crippen molar-refractivity contribution < 1.29 is 12.8 Å². The van der Waals surface area contributed by atoms with Gasteiger partial charge in [0, 0.05) is 0 Å². The summed E-state index contributed by atoms with van der Waals surface area (Å²) in [5.74, 6) is -0.419. The highest BCUT2D eigenvalue weighted by Gasteiger charge is 2.18. The summed E-state index contributed by atoms with van der Waals surface area (Å²) in [5, 5.41) is 0. The number of hydrogen-bond donors (Lipinski definition) is 2. The summed E-state index contributed by atoms with van der Waals surface area (Å²) in [6.45, 7) is 1.62. The molecule has 0 saturated carbocycles. The van der Waals surface area contributed by atoms with Gasteiger partial charge in [-0.25, -0.2) is 12.8 Å². The van der Waals surface area contributed by atoms with Crippen LogP contribution < -0.4 is 10.5 Å². The van der Waals surface area contributed by atoms with Gasteiger partial charge in [-0.2, -0.15) is 0 Å². The van der Waals surface area contributed by atoms with Crippen LogP contribution in [-0.4, -0.2) is 13.4 Å². The number of hydrogen-bond acceptors (Lipinski definition) is 4. The molecule has 2 aromatic rings. The van der Waals surface area contributed by atoms with Gasteiger partial charge in [-0.3, -0.25) is 4.72 Å². The molecule has 0 bridgehead atoms. The lowest BCUT2D eigenvalue weighted by Crippen LogP contribution is -2.12. The zero-order valence-corrected chi connectivity index (χ0v) is 12.8. The number of benzene rings is 1. The highest BCUT2D eigenvalue weighted by molar-refractivity contribution is 7.94. The van der Waals surface area contributed by atoms with E-state index in [9.17, 15) is 12.8 Å². The molecule has 2 rings (SSSR count). The molecule has 0 aliphatic rings. The molecule has 1 aromatic carbocycles. The van der Waals surface area contributed by atoms with E-state index in [1.54, 1.807) is 13.0 Å². The normalized spacial score (nSPS) is 11.3. The van der Waals surface area contributed by atoms with Crippen LogP contribution in [0.25, 0.3) is 0 Å². The zero-order valence-electron chi connectivity index (χ0n) is 10.4. The summed E-state index contributed by atoms with van der Waals surface area (Å²) in [4.78, 5) is 0.672. The van der Waals surface area contributed by atoms with Gasteiger partial charge in [-0.1, -0.05) is 12.2 Å². The Morgan fingerprint density at radius 3 is 2.60 bits per heavy atom. The molecule has 0 spiro atoms. The fraction of sp³-hybridized carbons (Fsp3) is 0.0833. The number of thiophene rings is 1. The first-order chi connectivity index (χ1) is 9.29. The quantitative estimate of drug-likeness (QED) is 0.845. The van der Waals surface area contributed by atoms with Crippen molar-refractivity contribution in [3.8, 4) is 0 Å². The Kier molecular flexibility index (Phi) is 4.07. The Morgan fingerprint density at radius 2 is 2.05 bits per heavy atom. The lowest BCUT2D eigenvalue weighted by Gasteiger charge is -2.09. The largest absolute Gasteiger partial charge is 0.389 e. The molecule has 3 N–H and O–H groups in total. The first kappa shape index (κ1) is 14.9. The molecule has 0 unspecified atom stereocenters. The van der Waals surface area contributed by atoms with Gasteiger partial charge in [0.25, 0.3) is 10.0 Å². The number of rotatable bonds is 4. The lowest BCUT2D eigenvalue weighted by molar-refractivity contribution is 0.602. The van der Waals surface area contributed by atoms with Gasteiger partial charge in [-0.15, -0.1) is 11.3 Å². The van der Waals surface area contributed by atoms with Gasteiger partial charge in [0.1, 0.15) is 15.0 Å². The molecule has 0 aliphatic carbocycles. The Morgan fingerprint density at radius 1 is 1.35 bits per heavy atom. The van der Waals surface area contributed by atoms with E-state index in [2.05, 4.69) is 4.72 Å². The molecule has 1 heterocycles. The fourth-order valence-corrected chi connectivity index (χ4v) is 4.02. The Balaban J connectivity index is 2.33. The molecule has 0 aliphatic heterocycles. The van der Waals surface area contributed by atoms with Crippen molar-refractivity contribution in [1.29, 1.82) is 0 Å². The molecule has 0 atom stereocenters. The number of halogens is 1. The van der Waals surface area contributed by atoms with Crippen LogP contribution in [0, 0.1) is 12.7 Å². The van der Waals surface area contributed by atoms with Crippen LogP contribution in [0.5, 0.6) is 0 Å². The SMILES string of the molecule is Cc1cc(F)ccc1NS(=O)(=O)c1ccc(C(N)=S)s1. The van der Waals surface area contributed by atoms with E-state index >= 15 is 0 Å². The molecule has 8 heteroatoms. The van der Waals surface area contributed by atoms with E-state index in [1.807, 2.05) is 0 Å². The summed E-state index contributed by atoms with van der Waals surface area (Å²) in [5.41, 5.74) is 6.28. The van der Waals surface area contributed by atoms with Gasteiger partial charge in [0.05, 0.1) is 10.6 Å². The fourth-order valence-electron chi connectivity index (χ4n) is 1.53. The second-order valence-electron chi connectivity index (χ2n) is 4.05. The standard InChI is InChI=1S/C12H11FN2O2S3/c1-7-6-8(13)2-3-9(7)15-20(16,17)11-5-4-10(19-11)12(14)18/h2-6,15H,1H3,(H2,14,18). The van der Waals surface area contributed by atoms with E-state index < -0.39 is 15.8 Å². The minimum Gasteiger partial charge on any atom is -0.389 e. The van der Waals surface area contributed by atoms with E-state index in [0.29, 0.717) is 16.1 Å². The number of sulfonamides is 1. The first-order valence-electron chi connectivity index (χ1n) is 5.48. The average molecular weight is 330 g/mol. The van der Waals surface area contributed by atoms with Crippen molar-refractivity contribution in [2.24, 2.45) is 5.73 Å². The Labute approximate surface area is 125 Å². The predicted octanol–water partition coefficient (Wildman–Crippen LogP) is 2.63. The van der Waals surface area contributed by atoms with Crippen molar-refractivity contribution in [3.05, 3.63) is 46.6 Å². The topological polar surface area (TPSA) is 72.2 Å².